The van der Waals surface area contributed by atoms with E-state index in [2.05, 4.69) is 20.1 Å². The number of carbonyl (C=O) groups is 1. The standard InChI is InChI=1S/C25H24N6O3/c1-18-22(24-29-28-23(34-24)20-10-6-3-7-11-20)27-21(16-26-18)30-12-14-31(15-13-30)25(32)33-17-19-8-4-2-5-9-19/h2-11,16H,12-15,17H2,1H3. The zero-order valence-electron chi connectivity index (χ0n) is 18.8. The molecule has 0 aliphatic carbocycles. The second kappa shape index (κ2) is 9.70. The molecule has 2 aromatic carbocycles. The Kier molecular flexibility index (Phi) is 6.15. The molecule has 172 valence electrons. The van der Waals surface area contributed by atoms with Crippen molar-refractivity contribution in [1.82, 2.24) is 25.1 Å². The van der Waals surface area contributed by atoms with Gasteiger partial charge in [0.1, 0.15) is 12.4 Å². The van der Waals surface area contributed by atoms with Crippen LogP contribution in [0.4, 0.5) is 10.6 Å². The SMILES string of the molecule is Cc1ncc(N2CCN(C(=O)OCc3ccccc3)CC2)nc1-c1nnc(-c2ccccc2)o1. The summed E-state index contributed by atoms with van der Waals surface area (Å²) in [7, 11) is 0. The third-order valence-corrected chi connectivity index (χ3v) is 5.66. The number of hydrogen-bond donors (Lipinski definition) is 0. The molecule has 0 atom stereocenters. The monoisotopic (exact) mass is 456 g/mol. The molecule has 0 N–H and O–H groups in total. The molecule has 0 spiro atoms. The molecule has 1 aliphatic rings. The van der Waals surface area contributed by atoms with E-state index in [9.17, 15) is 4.79 Å². The van der Waals surface area contributed by atoms with Crippen molar-refractivity contribution in [1.29, 1.82) is 0 Å². The minimum atomic E-state index is -0.307. The molecular weight excluding hydrogens is 432 g/mol. The van der Waals surface area contributed by atoms with Crippen molar-refractivity contribution < 1.29 is 13.9 Å². The summed E-state index contributed by atoms with van der Waals surface area (Å²) < 4.78 is 11.3. The molecule has 9 nitrogen and oxygen atoms in total. The number of nitrogens with zero attached hydrogens (tertiary/aromatic N) is 6. The molecular formula is C25H24N6O3. The Bertz CT molecular complexity index is 1250. The molecule has 0 bridgehead atoms. The number of piperazine rings is 1. The lowest BCUT2D eigenvalue weighted by molar-refractivity contribution is 0.0941. The van der Waals surface area contributed by atoms with Crippen LogP contribution in [0.5, 0.6) is 0 Å². The molecule has 9 heteroatoms. The van der Waals surface area contributed by atoms with Gasteiger partial charge in [-0.3, -0.25) is 4.98 Å². The lowest BCUT2D eigenvalue weighted by atomic mass is 10.2. The van der Waals surface area contributed by atoms with Crippen LogP contribution in [0.2, 0.25) is 0 Å². The third-order valence-electron chi connectivity index (χ3n) is 5.66. The van der Waals surface area contributed by atoms with Gasteiger partial charge >= 0.3 is 6.09 Å². The Morgan fingerprint density at radius 2 is 1.62 bits per heavy atom. The minimum absolute atomic E-state index is 0.266. The first-order valence-electron chi connectivity index (χ1n) is 11.1. The Hall–Kier alpha value is -4.27. The summed E-state index contributed by atoms with van der Waals surface area (Å²) in [4.78, 5) is 25.5. The van der Waals surface area contributed by atoms with E-state index in [1.165, 1.54) is 0 Å². The zero-order chi connectivity index (χ0) is 23.3. The van der Waals surface area contributed by atoms with Crippen LogP contribution in [0, 0.1) is 6.92 Å². The van der Waals surface area contributed by atoms with Crippen LogP contribution >= 0.6 is 0 Å². The van der Waals surface area contributed by atoms with E-state index in [1.54, 1.807) is 11.1 Å². The topological polar surface area (TPSA) is 97.5 Å². The number of aromatic nitrogens is 4. The van der Waals surface area contributed by atoms with Gasteiger partial charge in [-0.1, -0.05) is 48.5 Å². The van der Waals surface area contributed by atoms with Gasteiger partial charge in [-0.05, 0) is 24.6 Å². The summed E-state index contributed by atoms with van der Waals surface area (Å²) in [5.41, 5.74) is 3.07. The summed E-state index contributed by atoms with van der Waals surface area (Å²) in [6.45, 7) is 4.45. The molecule has 0 radical (unpaired) electrons. The van der Waals surface area contributed by atoms with E-state index >= 15 is 0 Å². The highest BCUT2D eigenvalue weighted by Crippen LogP contribution is 2.26. The first-order chi connectivity index (χ1) is 16.7. The smallest absolute Gasteiger partial charge is 0.410 e. The minimum Gasteiger partial charge on any atom is -0.445 e. The summed E-state index contributed by atoms with van der Waals surface area (Å²) >= 11 is 0. The molecule has 5 rings (SSSR count). The fourth-order valence-electron chi connectivity index (χ4n) is 3.74. The van der Waals surface area contributed by atoms with E-state index in [-0.39, 0.29) is 12.7 Å². The van der Waals surface area contributed by atoms with Gasteiger partial charge in [0.15, 0.2) is 5.69 Å². The van der Waals surface area contributed by atoms with Crippen LogP contribution < -0.4 is 4.90 Å². The maximum Gasteiger partial charge on any atom is 0.410 e. The van der Waals surface area contributed by atoms with Gasteiger partial charge in [0.05, 0.1) is 11.9 Å². The highest BCUT2D eigenvalue weighted by atomic mass is 16.6. The maximum absolute atomic E-state index is 12.4. The van der Waals surface area contributed by atoms with Gasteiger partial charge in [0.2, 0.25) is 5.89 Å². The molecule has 2 aromatic heterocycles. The molecule has 0 saturated carbocycles. The second-order valence-electron chi connectivity index (χ2n) is 7.95. The van der Waals surface area contributed by atoms with Crippen molar-refractivity contribution in [2.45, 2.75) is 13.5 Å². The fourth-order valence-corrected chi connectivity index (χ4v) is 3.74. The summed E-state index contributed by atoms with van der Waals surface area (Å²) in [5.74, 6) is 1.47. The number of ether oxygens (including phenoxy) is 1. The van der Waals surface area contributed by atoms with Gasteiger partial charge < -0.3 is 19.0 Å². The molecule has 1 saturated heterocycles. The predicted molar refractivity (Wildman–Crippen MR) is 126 cm³/mol. The average Bonchev–Trinajstić information content (AvgIpc) is 3.39. The van der Waals surface area contributed by atoms with E-state index in [0.717, 1.165) is 11.1 Å². The maximum atomic E-state index is 12.4. The molecule has 0 unspecified atom stereocenters. The Morgan fingerprint density at radius 3 is 2.35 bits per heavy atom. The Balaban J connectivity index is 1.23. The first kappa shape index (κ1) is 21.6. The van der Waals surface area contributed by atoms with Crippen molar-refractivity contribution in [2.24, 2.45) is 0 Å². The molecule has 3 heterocycles. The quantitative estimate of drug-likeness (QED) is 0.445. The van der Waals surface area contributed by atoms with Gasteiger partial charge in [0.25, 0.3) is 5.89 Å². The molecule has 34 heavy (non-hydrogen) atoms. The van der Waals surface area contributed by atoms with Crippen molar-refractivity contribution in [3.05, 3.63) is 78.1 Å². The van der Waals surface area contributed by atoms with Gasteiger partial charge in [0, 0.05) is 31.7 Å². The lowest BCUT2D eigenvalue weighted by Gasteiger charge is -2.34. The molecule has 1 amide bonds. The van der Waals surface area contributed by atoms with E-state index in [4.69, 9.17) is 14.1 Å². The van der Waals surface area contributed by atoms with Crippen molar-refractivity contribution in [3.63, 3.8) is 0 Å². The van der Waals surface area contributed by atoms with E-state index in [1.807, 2.05) is 67.6 Å². The number of benzene rings is 2. The normalized spacial score (nSPS) is 13.7. The van der Waals surface area contributed by atoms with E-state index < -0.39 is 0 Å². The number of rotatable bonds is 5. The second-order valence-corrected chi connectivity index (χ2v) is 7.95. The number of aryl methyl sites for hydroxylation is 1. The van der Waals surface area contributed by atoms with Crippen molar-refractivity contribution in [3.8, 4) is 23.0 Å². The number of hydrogen-bond acceptors (Lipinski definition) is 8. The zero-order valence-corrected chi connectivity index (χ0v) is 18.8. The number of carbonyl (C=O) groups excluding carboxylic acids is 1. The number of amides is 1. The van der Waals surface area contributed by atoms with E-state index in [0.29, 0.717) is 55.2 Å². The molecule has 1 fully saturated rings. The predicted octanol–water partition coefficient (Wildman–Crippen LogP) is 3.96. The van der Waals surface area contributed by atoms with Crippen LogP contribution in [-0.4, -0.2) is 57.3 Å². The summed E-state index contributed by atoms with van der Waals surface area (Å²) in [6, 6.07) is 19.3. The van der Waals surface area contributed by atoms with Crippen LogP contribution in [-0.2, 0) is 11.3 Å². The lowest BCUT2D eigenvalue weighted by Crippen LogP contribution is -2.49. The highest BCUT2D eigenvalue weighted by Gasteiger charge is 2.24. The van der Waals surface area contributed by atoms with Crippen molar-refractivity contribution in [2.75, 3.05) is 31.1 Å². The van der Waals surface area contributed by atoms with Crippen LogP contribution in [0.1, 0.15) is 11.3 Å². The Morgan fingerprint density at radius 1 is 0.941 bits per heavy atom. The summed E-state index contributed by atoms with van der Waals surface area (Å²) in [6.07, 6.45) is 1.43. The first-order valence-corrected chi connectivity index (χ1v) is 11.1. The van der Waals surface area contributed by atoms with Gasteiger partial charge in [-0.25, -0.2) is 9.78 Å². The van der Waals surface area contributed by atoms with Gasteiger partial charge in [-0.15, -0.1) is 10.2 Å². The highest BCUT2D eigenvalue weighted by molar-refractivity contribution is 5.68. The average molecular weight is 457 g/mol. The molecule has 1 aliphatic heterocycles. The van der Waals surface area contributed by atoms with Crippen LogP contribution in [0.15, 0.2) is 71.3 Å². The fraction of sp³-hybridized carbons (Fsp3) is 0.240. The van der Waals surface area contributed by atoms with Crippen molar-refractivity contribution >= 4 is 11.9 Å². The largest absolute Gasteiger partial charge is 0.445 e. The third kappa shape index (κ3) is 4.73. The number of anilines is 1. The molecule has 4 aromatic rings. The van der Waals surface area contributed by atoms with Crippen LogP contribution in [0.3, 0.4) is 0 Å². The Labute approximate surface area is 197 Å². The van der Waals surface area contributed by atoms with Crippen LogP contribution in [0.25, 0.3) is 23.0 Å². The van der Waals surface area contributed by atoms with Gasteiger partial charge in [-0.2, -0.15) is 0 Å². The summed E-state index contributed by atoms with van der Waals surface area (Å²) in [5, 5.41) is 8.34.